The molecule has 1 amide bonds. The molecule has 0 aromatic heterocycles. The third-order valence-electron chi connectivity index (χ3n) is 4.46. The van der Waals surface area contributed by atoms with E-state index in [4.69, 9.17) is 39.5 Å². The van der Waals surface area contributed by atoms with E-state index in [1.165, 1.54) is 43.5 Å². The van der Waals surface area contributed by atoms with Crippen LogP contribution in [-0.4, -0.2) is 27.5 Å². The van der Waals surface area contributed by atoms with Gasteiger partial charge in [0.25, 0.3) is 0 Å². The highest BCUT2D eigenvalue weighted by molar-refractivity contribution is 7.89. The second-order valence-electron chi connectivity index (χ2n) is 6.81. The molecular weight excluding hydrogens is 495 g/mol. The van der Waals surface area contributed by atoms with Crippen molar-refractivity contribution < 1.29 is 17.9 Å². The largest absolute Gasteiger partial charge is 0.495 e. The summed E-state index contributed by atoms with van der Waals surface area (Å²) in [5.41, 5.74) is 1.12. The first kappa shape index (κ1) is 24.4. The highest BCUT2D eigenvalue weighted by Crippen LogP contribution is 2.27. The summed E-state index contributed by atoms with van der Waals surface area (Å²) in [6.45, 7) is 0. The zero-order valence-corrected chi connectivity index (χ0v) is 19.9. The third-order valence-corrected chi connectivity index (χ3v) is 6.66. The quantitative estimate of drug-likeness (QED) is 0.434. The standard InChI is InChI=1S/C22H19Cl3N2O4S/c1-31-21-8-7-18(13-19(21)25)32(29,30)27-20(9-14-5-3-2-4-6-14)22(28)26-17-11-15(23)10-16(24)12-17/h2-8,10-13,20,27H,9H2,1H3,(H,26,28)/t20-/m1/s1. The topological polar surface area (TPSA) is 84.5 Å². The van der Waals surface area contributed by atoms with Crippen molar-refractivity contribution in [2.24, 2.45) is 0 Å². The Balaban J connectivity index is 1.89. The molecule has 0 heterocycles. The van der Waals surface area contributed by atoms with Gasteiger partial charge in [-0.2, -0.15) is 4.72 Å². The summed E-state index contributed by atoms with van der Waals surface area (Å²) in [5, 5.41) is 3.47. The van der Waals surface area contributed by atoms with Crippen LogP contribution in [0.3, 0.4) is 0 Å². The fourth-order valence-corrected chi connectivity index (χ4v) is 5.03. The van der Waals surface area contributed by atoms with Crippen LogP contribution in [0.2, 0.25) is 15.1 Å². The molecule has 32 heavy (non-hydrogen) atoms. The predicted octanol–water partition coefficient (Wildman–Crippen LogP) is 5.18. The number of methoxy groups -OCH3 is 1. The Morgan fingerprint density at radius 3 is 2.22 bits per heavy atom. The minimum atomic E-state index is -4.08. The lowest BCUT2D eigenvalue weighted by atomic mass is 10.1. The zero-order chi connectivity index (χ0) is 23.3. The second kappa shape index (κ2) is 10.6. The number of ether oxygens (including phenoxy) is 1. The van der Waals surface area contributed by atoms with Gasteiger partial charge < -0.3 is 10.1 Å². The lowest BCUT2D eigenvalue weighted by Crippen LogP contribution is -2.45. The molecule has 3 aromatic rings. The average molecular weight is 514 g/mol. The van der Waals surface area contributed by atoms with Gasteiger partial charge in [-0.25, -0.2) is 8.42 Å². The van der Waals surface area contributed by atoms with E-state index in [0.717, 1.165) is 5.56 Å². The van der Waals surface area contributed by atoms with Gasteiger partial charge in [-0.15, -0.1) is 0 Å². The summed E-state index contributed by atoms with van der Waals surface area (Å²) < 4.78 is 33.6. The van der Waals surface area contributed by atoms with Gasteiger partial charge in [0.1, 0.15) is 11.8 Å². The van der Waals surface area contributed by atoms with Crippen molar-refractivity contribution in [3.63, 3.8) is 0 Å². The van der Waals surface area contributed by atoms with Crippen molar-refractivity contribution in [3.8, 4) is 5.75 Å². The Morgan fingerprint density at radius 2 is 1.62 bits per heavy atom. The summed E-state index contributed by atoms with van der Waals surface area (Å²) in [6, 6.07) is 16.5. The number of sulfonamides is 1. The van der Waals surface area contributed by atoms with Gasteiger partial charge in [0.2, 0.25) is 15.9 Å². The SMILES string of the molecule is COc1ccc(S(=O)(=O)N[C@H](Cc2ccccc2)C(=O)Nc2cc(Cl)cc(Cl)c2)cc1Cl. The van der Waals surface area contributed by atoms with Gasteiger partial charge in [-0.05, 0) is 48.4 Å². The van der Waals surface area contributed by atoms with Gasteiger partial charge in [0.05, 0.1) is 17.0 Å². The first-order valence-corrected chi connectivity index (χ1v) is 12.0. The molecule has 6 nitrogen and oxygen atoms in total. The maximum Gasteiger partial charge on any atom is 0.242 e. The van der Waals surface area contributed by atoms with Crippen LogP contribution < -0.4 is 14.8 Å². The van der Waals surface area contributed by atoms with Crippen LogP contribution in [0.4, 0.5) is 5.69 Å². The first-order chi connectivity index (χ1) is 15.2. The van der Waals surface area contributed by atoms with Crippen molar-refractivity contribution in [2.75, 3.05) is 12.4 Å². The van der Waals surface area contributed by atoms with Gasteiger partial charge in [-0.1, -0.05) is 65.1 Å². The van der Waals surface area contributed by atoms with Crippen LogP contribution in [-0.2, 0) is 21.2 Å². The molecule has 0 aliphatic carbocycles. The monoisotopic (exact) mass is 512 g/mol. The molecule has 3 aromatic carbocycles. The number of rotatable bonds is 8. The van der Waals surface area contributed by atoms with E-state index in [1.54, 1.807) is 24.3 Å². The number of anilines is 1. The van der Waals surface area contributed by atoms with Crippen molar-refractivity contribution in [1.29, 1.82) is 0 Å². The number of hydrogen-bond acceptors (Lipinski definition) is 4. The molecule has 0 radical (unpaired) electrons. The van der Waals surface area contributed by atoms with Crippen molar-refractivity contribution in [3.05, 3.63) is 87.4 Å². The number of carbonyl (C=O) groups excluding carboxylic acids is 1. The van der Waals surface area contributed by atoms with Crippen LogP contribution in [0, 0.1) is 0 Å². The summed E-state index contributed by atoms with van der Waals surface area (Å²) in [6.07, 6.45) is 0.115. The predicted molar refractivity (Wildman–Crippen MR) is 127 cm³/mol. The van der Waals surface area contributed by atoms with E-state index in [9.17, 15) is 13.2 Å². The molecule has 2 N–H and O–H groups in total. The van der Waals surface area contributed by atoms with Crippen LogP contribution >= 0.6 is 34.8 Å². The van der Waals surface area contributed by atoms with Gasteiger partial charge in [0.15, 0.2) is 0 Å². The normalized spacial score (nSPS) is 12.2. The van der Waals surface area contributed by atoms with E-state index in [-0.39, 0.29) is 16.3 Å². The Labute approximate surface area is 201 Å². The average Bonchev–Trinajstić information content (AvgIpc) is 2.73. The van der Waals surface area contributed by atoms with Crippen molar-refractivity contribution in [2.45, 2.75) is 17.4 Å². The summed E-state index contributed by atoms with van der Waals surface area (Å²) in [5.74, 6) is -0.239. The lowest BCUT2D eigenvalue weighted by molar-refractivity contribution is -0.117. The van der Waals surface area contributed by atoms with E-state index >= 15 is 0 Å². The second-order valence-corrected chi connectivity index (χ2v) is 9.80. The van der Waals surface area contributed by atoms with Crippen LogP contribution in [0.15, 0.2) is 71.6 Å². The Bertz CT molecular complexity index is 1200. The molecule has 3 rings (SSSR count). The summed E-state index contributed by atoms with van der Waals surface area (Å²) in [4.78, 5) is 12.9. The number of amides is 1. The fourth-order valence-electron chi connectivity index (χ4n) is 2.96. The molecular formula is C22H19Cl3N2O4S. The van der Waals surface area contributed by atoms with E-state index in [2.05, 4.69) is 10.0 Å². The maximum atomic E-state index is 13.0. The Morgan fingerprint density at radius 1 is 0.969 bits per heavy atom. The minimum absolute atomic E-state index is 0.0973. The molecule has 10 heteroatoms. The molecule has 1 atom stereocenters. The Kier molecular flexibility index (Phi) is 8.03. The molecule has 0 bridgehead atoms. The van der Waals surface area contributed by atoms with Crippen LogP contribution in [0.25, 0.3) is 0 Å². The molecule has 0 spiro atoms. The van der Waals surface area contributed by atoms with Gasteiger partial charge in [-0.3, -0.25) is 4.79 Å². The minimum Gasteiger partial charge on any atom is -0.495 e. The van der Waals surface area contributed by atoms with Crippen molar-refractivity contribution in [1.82, 2.24) is 4.72 Å². The summed E-state index contributed by atoms with van der Waals surface area (Å²) >= 11 is 18.1. The molecule has 0 unspecified atom stereocenters. The van der Waals surface area contributed by atoms with Crippen LogP contribution in [0.5, 0.6) is 5.75 Å². The fraction of sp³-hybridized carbons (Fsp3) is 0.136. The van der Waals surface area contributed by atoms with Crippen LogP contribution in [0.1, 0.15) is 5.56 Å². The van der Waals surface area contributed by atoms with Gasteiger partial charge in [0, 0.05) is 15.7 Å². The molecule has 0 aliphatic rings. The molecule has 0 aliphatic heterocycles. The first-order valence-electron chi connectivity index (χ1n) is 9.34. The van der Waals surface area contributed by atoms with Crippen molar-refractivity contribution >= 4 is 56.4 Å². The number of hydrogen-bond donors (Lipinski definition) is 2. The number of benzene rings is 3. The molecule has 0 saturated heterocycles. The smallest absolute Gasteiger partial charge is 0.242 e. The lowest BCUT2D eigenvalue weighted by Gasteiger charge is -2.19. The third kappa shape index (κ3) is 6.37. The number of carbonyl (C=O) groups is 1. The van der Waals surface area contributed by atoms with E-state index < -0.39 is 22.0 Å². The Hall–Kier alpha value is -2.29. The maximum absolute atomic E-state index is 13.0. The summed E-state index contributed by atoms with van der Waals surface area (Å²) in [7, 11) is -2.66. The number of halogens is 3. The highest BCUT2D eigenvalue weighted by Gasteiger charge is 2.27. The number of nitrogens with one attached hydrogen (secondary N) is 2. The van der Waals surface area contributed by atoms with E-state index in [0.29, 0.717) is 21.5 Å². The van der Waals surface area contributed by atoms with Gasteiger partial charge >= 0.3 is 0 Å². The molecule has 0 fully saturated rings. The highest BCUT2D eigenvalue weighted by atomic mass is 35.5. The van der Waals surface area contributed by atoms with E-state index in [1.807, 2.05) is 6.07 Å². The molecule has 0 saturated carbocycles. The molecule has 168 valence electrons. The zero-order valence-electron chi connectivity index (χ0n) is 16.8.